The Balaban J connectivity index is 1.72. The van der Waals surface area contributed by atoms with Crippen molar-refractivity contribution >= 4 is 27.3 Å². The average Bonchev–Trinajstić information content (AvgIpc) is 3.53. The SMILES string of the molecule is c1ccc2c(c1)Cc1c-2c2c(c3c4cnccc4n4ccnc4c13)-c1ccccc1C2. The highest BCUT2D eigenvalue weighted by Crippen LogP contribution is 2.53. The van der Waals surface area contributed by atoms with Crippen molar-refractivity contribution in [2.75, 3.05) is 0 Å². The lowest BCUT2D eigenvalue weighted by atomic mass is 9.88. The second-order valence-electron chi connectivity index (χ2n) is 8.64. The lowest BCUT2D eigenvalue weighted by molar-refractivity contribution is 1.23. The van der Waals surface area contributed by atoms with Gasteiger partial charge in [0.05, 0.1) is 5.52 Å². The molecule has 6 aromatic rings. The van der Waals surface area contributed by atoms with Crippen LogP contribution in [0.4, 0.5) is 0 Å². The zero-order valence-electron chi connectivity index (χ0n) is 16.8. The summed E-state index contributed by atoms with van der Waals surface area (Å²) in [4.78, 5) is 9.40. The van der Waals surface area contributed by atoms with Gasteiger partial charge in [0, 0.05) is 40.9 Å². The number of hydrogen-bond acceptors (Lipinski definition) is 2. The number of imidazole rings is 1. The standard InChI is InChI=1S/C28H17N3/c1-3-7-18-16(5-1)14-21-24(18)20-13-17-6-2-4-8-19(17)25(20)26-22-15-29-10-9-23(22)31-12-11-30-28(31)27(21)26/h1-12,15H,13-14H2. The van der Waals surface area contributed by atoms with Crippen LogP contribution in [0.1, 0.15) is 22.3 Å². The molecule has 0 amide bonds. The van der Waals surface area contributed by atoms with Crippen molar-refractivity contribution in [3.8, 4) is 22.3 Å². The van der Waals surface area contributed by atoms with Gasteiger partial charge < -0.3 is 0 Å². The van der Waals surface area contributed by atoms with E-state index in [0.717, 1.165) is 24.0 Å². The van der Waals surface area contributed by atoms with Crippen LogP contribution in [0.3, 0.4) is 0 Å². The van der Waals surface area contributed by atoms with E-state index in [0.29, 0.717) is 0 Å². The quantitative estimate of drug-likeness (QED) is 0.287. The van der Waals surface area contributed by atoms with E-state index >= 15 is 0 Å². The minimum atomic E-state index is 0.958. The van der Waals surface area contributed by atoms with Crippen molar-refractivity contribution in [1.82, 2.24) is 14.4 Å². The van der Waals surface area contributed by atoms with E-state index < -0.39 is 0 Å². The Labute approximate surface area is 178 Å². The molecule has 8 rings (SSSR count). The normalized spacial score (nSPS) is 13.5. The van der Waals surface area contributed by atoms with Crippen LogP contribution in [0.15, 0.2) is 79.4 Å². The van der Waals surface area contributed by atoms with Gasteiger partial charge >= 0.3 is 0 Å². The fourth-order valence-electron chi connectivity index (χ4n) is 6.04. The molecule has 144 valence electrons. The molecule has 0 aliphatic heterocycles. The zero-order chi connectivity index (χ0) is 20.1. The number of nitrogens with zero attached hydrogens (tertiary/aromatic N) is 3. The van der Waals surface area contributed by atoms with Crippen LogP contribution in [0.25, 0.3) is 49.6 Å². The fraction of sp³-hybridized carbons (Fsp3) is 0.0714. The van der Waals surface area contributed by atoms with Crippen molar-refractivity contribution in [2.24, 2.45) is 0 Å². The summed E-state index contributed by atoms with van der Waals surface area (Å²) >= 11 is 0. The zero-order valence-corrected chi connectivity index (χ0v) is 16.8. The molecule has 0 radical (unpaired) electrons. The molecule has 31 heavy (non-hydrogen) atoms. The summed E-state index contributed by atoms with van der Waals surface area (Å²) in [6.45, 7) is 0. The van der Waals surface area contributed by atoms with Gasteiger partial charge in [0.25, 0.3) is 0 Å². The van der Waals surface area contributed by atoms with Crippen LogP contribution in [0, 0.1) is 0 Å². The van der Waals surface area contributed by atoms with Crippen molar-refractivity contribution in [3.05, 3.63) is 102 Å². The summed E-state index contributed by atoms with van der Waals surface area (Å²) in [6, 6.07) is 19.9. The number of pyridine rings is 2. The van der Waals surface area contributed by atoms with E-state index in [1.165, 1.54) is 60.7 Å². The van der Waals surface area contributed by atoms with E-state index in [9.17, 15) is 0 Å². The smallest absolute Gasteiger partial charge is 0.145 e. The molecular formula is C28H17N3. The molecule has 0 N–H and O–H groups in total. The number of benzene rings is 3. The van der Waals surface area contributed by atoms with Crippen molar-refractivity contribution in [1.29, 1.82) is 0 Å². The lowest BCUT2D eigenvalue weighted by Gasteiger charge is -2.18. The Kier molecular flexibility index (Phi) is 2.74. The predicted molar refractivity (Wildman–Crippen MR) is 124 cm³/mol. The Morgan fingerprint density at radius 2 is 1.45 bits per heavy atom. The second-order valence-corrected chi connectivity index (χ2v) is 8.64. The largest absolute Gasteiger partial charge is 0.299 e. The number of aromatic nitrogens is 3. The molecule has 0 atom stereocenters. The molecule has 3 nitrogen and oxygen atoms in total. The third-order valence-electron chi connectivity index (χ3n) is 7.21. The molecule has 3 heteroatoms. The van der Waals surface area contributed by atoms with Crippen LogP contribution in [-0.4, -0.2) is 14.4 Å². The number of rotatable bonds is 0. The number of hydrogen-bond donors (Lipinski definition) is 0. The van der Waals surface area contributed by atoms with Crippen LogP contribution in [0.5, 0.6) is 0 Å². The summed E-state index contributed by atoms with van der Waals surface area (Å²) in [5.74, 6) is 0. The van der Waals surface area contributed by atoms with Gasteiger partial charge in [-0.2, -0.15) is 0 Å². The molecule has 0 bridgehead atoms. The molecule has 2 aliphatic rings. The Hall–Kier alpha value is -3.98. The maximum absolute atomic E-state index is 4.86. The number of fused-ring (bicyclic) bond motifs is 15. The lowest BCUT2D eigenvalue weighted by Crippen LogP contribution is -1.98. The highest BCUT2D eigenvalue weighted by atomic mass is 15.0. The molecule has 0 spiro atoms. The first-order chi connectivity index (χ1) is 15.4. The van der Waals surface area contributed by atoms with Gasteiger partial charge in [-0.3, -0.25) is 9.38 Å². The third-order valence-corrected chi connectivity index (χ3v) is 7.21. The third kappa shape index (κ3) is 1.81. The molecule has 0 saturated heterocycles. The van der Waals surface area contributed by atoms with E-state index in [1.54, 1.807) is 0 Å². The summed E-state index contributed by atoms with van der Waals surface area (Å²) in [5, 5.41) is 3.80. The fourth-order valence-corrected chi connectivity index (χ4v) is 6.04. The Bertz CT molecular complexity index is 1740. The molecule has 3 aromatic heterocycles. The van der Waals surface area contributed by atoms with E-state index in [-0.39, 0.29) is 0 Å². The maximum atomic E-state index is 4.86. The first kappa shape index (κ1) is 15.8. The topological polar surface area (TPSA) is 30.2 Å². The van der Waals surface area contributed by atoms with E-state index in [2.05, 4.69) is 70.2 Å². The van der Waals surface area contributed by atoms with Crippen molar-refractivity contribution in [3.63, 3.8) is 0 Å². The summed E-state index contributed by atoms with van der Waals surface area (Å²) < 4.78 is 2.23. The molecule has 3 heterocycles. The van der Waals surface area contributed by atoms with Gasteiger partial charge in [-0.05, 0) is 63.4 Å². The van der Waals surface area contributed by atoms with Crippen LogP contribution in [0.2, 0.25) is 0 Å². The minimum Gasteiger partial charge on any atom is -0.299 e. The first-order valence-corrected chi connectivity index (χ1v) is 10.8. The molecule has 0 fully saturated rings. The second kappa shape index (κ2) is 5.38. The van der Waals surface area contributed by atoms with Crippen LogP contribution in [-0.2, 0) is 12.8 Å². The van der Waals surface area contributed by atoms with Gasteiger partial charge in [0.1, 0.15) is 5.65 Å². The summed E-state index contributed by atoms with van der Waals surface area (Å²) in [7, 11) is 0. The molecular weight excluding hydrogens is 378 g/mol. The van der Waals surface area contributed by atoms with Gasteiger partial charge in [-0.25, -0.2) is 4.98 Å². The Morgan fingerprint density at radius 1 is 0.710 bits per heavy atom. The van der Waals surface area contributed by atoms with Crippen LogP contribution >= 0.6 is 0 Å². The molecule has 0 saturated carbocycles. The highest BCUT2D eigenvalue weighted by molar-refractivity contribution is 6.22. The van der Waals surface area contributed by atoms with Gasteiger partial charge in [0.15, 0.2) is 0 Å². The maximum Gasteiger partial charge on any atom is 0.145 e. The summed E-state index contributed by atoms with van der Waals surface area (Å²) in [6.07, 6.45) is 9.86. The van der Waals surface area contributed by atoms with Crippen molar-refractivity contribution < 1.29 is 0 Å². The van der Waals surface area contributed by atoms with E-state index in [1.807, 2.05) is 18.6 Å². The van der Waals surface area contributed by atoms with Gasteiger partial charge in [-0.1, -0.05) is 48.5 Å². The highest BCUT2D eigenvalue weighted by Gasteiger charge is 2.33. The van der Waals surface area contributed by atoms with Crippen molar-refractivity contribution in [2.45, 2.75) is 12.8 Å². The monoisotopic (exact) mass is 395 g/mol. The minimum absolute atomic E-state index is 0.958. The Morgan fingerprint density at radius 3 is 2.29 bits per heavy atom. The predicted octanol–water partition coefficient (Wildman–Crippen LogP) is 6.18. The molecule has 0 unspecified atom stereocenters. The average molecular weight is 395 g/mol. The first-order valence-electron chi connectivity index (χ1n) is 10.8. The van der Waals surface area contributed by atoms with Gasteiger partial charge in [0.2, 0.25) is 0 Å². The van der Waals surface area contributed by atoms with E-state index in [4.69, 9.17) is 4.98 Å². The molecule has 2 aliphatic carbocycles. The molecule has 3 aromatic carbocycles. The van der Waals surface area contributed by atoms with Crippen LogP contribution < -0.4 is 0 Å². The summed E-state index contributed by atoms with van der Waals surface area (Å²) in [5.41, 5.74) is 13.5. The van der Waals surface area contributed by atoms with Gasteiger partial charge in [-0.15, -0.1) is 0 Å².